The molecule has 0 aliphatic carbocycles. The van der Waals surface area contributed by atoms with E-state index < -0.39 is 10.1 Å². The molecule has 0 saturated carbocycles. The first-order chi connectivity index (χ1) is 17.3. The molecule has 1 heterocycles. The summed E-state index contributed by atoms with van der Waals surface area (Å²) in [4.78, 5) is -0.178. The fraction of sp³-hybridized carbons (Fsp3) is 0.645. The average Bonchev–Trinajstić information content (AvgIpc) is 2.85. The third kappa shape index (κ3) is 16.9. The van der Waals surface area contributed by atoms with E-state index in [2.05, 4.69) is 42.8 Å². The topological polar surface area (TPSA) is 61.1 Å². The fourth-order valence-corrected chi connectivity index (χ4v) is 4.82. The minimum atomic E-state index is -4.27. The van der Waals surface area contributed by atoms with E-state index in [0.29, 0.717) is 0 Å². The van der Waals surface area contributed by atoms with Gasteiger partial charge in [-0.3, -0.25) is 0 Å². The van der Waals surface area contributed by atoms with Crippen LogP contribution in [0.2, 0.25) is 0 Å². The van der Waals surface area contributed by atoms with Gasteiger partial charge in [0.25, 0.3) is 0 Å². The predicted octanol–water partition coefficient (Wildman–Crippen LogP) is 8.44. The van der Waals surface area contributed by atoms with E-state index in [1.54, 1.807) is 12.1 Å². The van der Waals surface area contributed by atoms with Crippen molar-refractivity contribution < 1.29 is 17.5 Å². The third-order valence-corrected chi connectivity index (χ3v) is 7.58. The van der Waals surface area contributed by atoms with Gasteiger partial charge in [0.15, 0.2) is 11.9 Å². The van der Waals surface area contributed by atoms with Crippen LogP contribution in [0.1, 0.15) is 121 Å². The van der Waals surface area contributed by atoms with Gasteiger partial charge in [0.05, 0.1) is 4.90 Å². The summed E-state index contributed by atoms with van der Waals surface area (Å²) in [6.45, 7) is 7.50. The Hall–Kier alpha value is -1.72. The predicted molar refractivity (Wildman–Crippen MR) is 150 cm³/mol. The maximum absolute atomic E-state index is 10.4. The zero-order valence-electron chi connectivity index (χ0n) is 23.2. The zero-order chi connectivity index (χ0) is 26.5. The molecule has 0 N–H and O–H groups in total. The second-order valence-electron chi connectivity index (χ2n) is 10.1. The smallest absolute Gasteiger partial charge is 0.178 e. The first-order valence-electron chi connectivity index (χ1n) is 14.3. The van der Waals surface area contributed by atoms with Crippen molar-refractivity contribution in [2.45, 2.75) is 135 Å². The van der Waals surface area contributed by atoms with E-state index in [4.69, 9.17) is 0 Å². The van der Waals surface area contributed by atoms with E-state index in [-0.39, 0.29) is 4.90 Å². The monoisotopic (exact) mass is 517 g/mol. The van der Waals surface area contributed by atoms with Crippen LogP contribution in [0.4, 0.5) is 0 Å². The molecule has 0 unspecified atom stereocenters. The molecule has 0 bridgehead atoms. The van der Waals surface area contributed by atoms with Crippen LogP contribution in [-0.4, -0.2) is 13.0 Å². The number of unbranched alkanes of at least 4 members (excludes halogenated alkanes) is 15. The SMILES string of the molecule is CCCCCCCCCCCCCCCCCC[n+]1ccccc1C.Cc1ccc(S(=O)(=O)[O-])cc1. The highest BCUT2D eigenvalue weighted by Gasteiger charge is 2.03. The first-order valence-corrected chi connectivity index (χ1v) is 15.7. The van der Waals surface area contributed by atoms with Gasteiger partial charge in [0, 0.05) is 25.5 Å². The molecule has 0 aliphatic rings. The normalized spacial score (nSPS) is 11.2. The van der Waals surface area contributed by atoms with E-state index in [0.717, 1.165) is 5.56 Å². The lowest BCUT2D eigenvalue weighted by Gasteiger charge is -2.05. The molecule has 1 aromatic carbocycles. The fourth-order valence-electron chi connectivity index (χ4n) is 4.35. The van der Waals surface area contributed by atoms with Gasteiger partial charge in [-0.1, -0.05) is 121 Å². The summed E-state index contributed by atoms with van der Waals surface area (Å²) in [5, 5.41) is 0. The summed E-state index contributed by atoms with van der Waals surface area (Å²) in [7, 11) is -4.27. The number of benzene rings is 1. The number of nitrogens with zero attached hydrogens (tertiary/aromatic N) is 1. The highest BCUT2D eigenvalue weighted by Crippen LogP contribution is 2.14. The number of hydrogen-bond donors (Lipinski definition) is 0. The molecule has 2 aromatic rings. The molecule has 0 fully saturated rings. The second-order valence-corrected chi connectivity index (χ2v) is 11.5. The van der Waals surface area contributed by atoms with Gasteiger partial charge >= 0.3 is 0 Å². The third-order valence-electron chi connectivity index (χ3n) is 6.73. The Morgan fingerprint density at radius 3 is 1.50 bits per heavy atom. The van der Waals surface area contributed by atoms with Crippen LogP contribution in [0.15, 0.2) is 53.6 Å². The van der Waals surface area contributed by atoms with Crippen LogP contribution in [0.25, 0.3) is 0 Å². The maximum Gasteiger partial charge on any atom is 0.178 e. The highest BCUT2D eigenvalue weighted by atomic mass is 32.2. The Labute approximate surface area is 222 Å². The Morgan fingerprint density at radius 1 is 0.639 bits per heavy atom. The van der Waals surface area contributed by atoms with Crippen LogP contribution < -0.4 is 4.57 Å². The van der Waals surface area contributed by atoms with Gasteiger partial charge in [-0.15, -0.1) is 0 Å². The van der Waals surface area contributed by atoms with Gasteiger partial charge in [-0.2, -0.15) is 0 Å². The van der Waals surface area contributed by atoms with Crippen molar-refractivity contribution >= 4 is 10.1 Å². The molecule has 0 aliphatic heterocycles. The molecule has 2 rings (SSSR count). The Bertz CT molecular complexity index is 894. The molecule has 0 spiro atoms. The number of aryl methyl sites for hydroxylation is 3. The quantitative estimate of drug-likeness (QED) is 0.113. The summed E-state index contributed by atoms with van der Waals surface area (Å²) in [5.74, 6) is 0. The summed E-state index contributed by atoms with van der Waals surface area (Å²) in [5.41, 5.74) is 2.31. The summed E-state index contributed by atoms with van der Waals surface area (Å²) in [6, 6.07) is 12.2. The molecule has 204 valence electrons. The van der Waals surface area contributed by atoms with Crippen molar-refractivity contribution in [3.8, 4) is 0 Å². The minimum absolute atomic E-state index is 0.178. The van der Waals surface area contributed by atoms with Crippen molar-refractivity contribution in [3.05, 3.63) is 59.9 Å². The molecule has 0 amide bonds. The van der Waals surface area contributed by atoms with Crippen molar-refractivity contribution in [1.29, 1.82) is 0 Å². The van der Waals surface area contributed by atoms with E-state index >= 15 is 0 Å². The van der Waals surface area contributed by atoms with Crippen LogP contribution in [0.3, 0.4) is 0 Å². The maximum atomic E-state index is 10.4. The Balaban J connectivity index is 0.000000488. The zero-order valence-corrected chi connectivity index (χ0v) is 24.0. The average molecular weight is 518 g/mol. The lowest BCUT2D eigenvalue weighted by Crippen LogP contribution is -2.36. The van der Waals surface area contributed by atoms with Gasteiger partial charge < -0.3 is 4.55 Å². The van der Waals surface area contributed by atoms with Gasteiger partial charge in [-0.25, -0.2) is 13.0 Å². The second kappa shape index (κ2) is 20.4. The molecule has 36 heavy (non-hydrogen) atoms. The number of rotatable bonds is 18. The Kier molecular flexibility index (Phi) is 18.3. The van der Waals surface area contributed by atoms with Gasteiger partial charge in [0.2, 0.25) is 0 Å². The van der Waals surface area contributed by atoms with Crippen molar-refractivity contribution in [1.82, 2.24) is 0 Å². The summed E-state index contributed by atoms with van der Waals surface area (Å²) < 4.78 is 33.5. The van der Waals surface area contributed by atoms with Crippen LogP contribution in [0, 0.1) is 13.8 Å². The first kappa shape index (κ1) is 32.3. The standard InChI is InChI=1S/C24H44N.C7H8O3S/c1-3-4-5-6-7-8-9-10-11-12-13-14-15-16-17-19-22-25-23-20-18-21-24(25)2;1-6-2-4-7(5-3-6)11(8,9)10/h18,20-21,23H,3-17,19,22H2,1-2H3;2-5H,1H3,(H,8,9,10)/q+1;/p-1. The van der Waals surface area contributed by atoms with E-state index in [1.807, 2.05) is 6.92 Å². The van der Waals surface area contributed by atoms with Crippen LogP contribution in [0.5, 0.6) is 0 Å². The number of aromatic nitrogens is 1. The summed E-state index contributed by atoms with van der Waals surface area (Å²) in [6.07, 6.45) is 25.3. The van der Waals surface area contributed by atoms with Crippen LogP contribution >= 0.6 is 0 Å². The van der Waals surface area contributed by atoms with Gasteiger partial charge in [0.1, 0.15) is 16.7 Å². The van der Waals surface area contributed by atoms with Crippen LogP contribution in [-0.2, 0) is 16.7 Å². The van der Waals surface area contributed by atoms with Crippen molar-refractivity contribution in [2.75, 3.05) is 0 Å². The number of hydrogen-bond acceptors (Lipinski definition) is 3. The van der Waals surface area contributed by atoms with Crippen molar-refractivity contribution in [2.24, 2.45) is 0 Å². The molecule has 0 radical (unpaired) electrons. The molecular formula is C31H51NO3S. The van der Waals surface area contributed by atoms with E-state index in [9.17, 15) is 13.0 Å². The summed E-state index contributed by atoms with van der Waals surface area (Å²) >= 11 is 0. The van der Waals surface area contributed by atoms with E-state index in [1.165, 1.54) is 127 Å². The van der Waals surface area contributed by atoms with Crippen molar-refractivity contribution in [3.63, 3.8) is 0 Å². The highest BCUT2D eigenvalue weighted by molar-refractivity contribution is 7.85. The molecule has 0 atom stereocenters. The number of pyridine rings is 1. The lowest BCUT2D eigenvalue weighted by molar-refractivity contribution is -0.703. The molecule has 5 heteroatoms. The molecular weight excluding hydrogens is 466 g/mol. The molecule has 0 saturated heterocycles. The minimum Gasteiger partial charge on any atom is -0.744 e. The Morgan fingerprint density at radius 2 is 1.08 bits per heavy atom. The lowest BCUT2D eigenvalue weighted by atomic mass is 10.0. The molecule has 1 aromatic heterocycles. The molecule has 4 nitrogen and oxygen atoms in total. The largest absolute Gasteiger partial charge is 0.744 e. The van der Waals surface area contributed by atoms with Gasteiger partial charge in [-0.05, 0) is 25.5 Å².